The van der Waals surface area contributed by atoms with Crippen molar-refractivity contribution in [1.29, 1.82) is 0 Å². The van der Waals surface area contributed by atoms with Crippen LogP contribution < -0.4 is 5.32 Å². The van der Waals surface area contributed by atoms with Gasteiger partial charge in [-0.2, -0.15) is 5.10 Å². The molecular formula is C14H16N6. The summed E-state index contributed by atoms with van der Waals surface area (Å²) in [4.78, 5) is 0. The van der Waals surface area contributed by atoms with Crippen molar-refractivity contribution in [2.45, 2.75) is 6.04 Å². The molecule has 2 aromatic heterocycles. The highest BCUT2D eigenvalue weighted by Crippen LogP contribution is 2.19. The van der Waals surface area contributed by atoms with Crippen molar-refractivity contribution in [2.24, 2.45) is 7.05 Å². The van der Waals surface area contributed by atoms with E-state index in [0.29, 0.717) is 0 Å². The Hall–Kier alpha value is -2.47. The first-order chi connectivity index (χ1) is 9.79. The Kier molecular flexibility index (Phi) is 3.30. The van der Waals surface area contributed by atoms with Crippen molar-refractivity contribution >= 4 is 0 Å². The molecule has 6 heteroatoms. The second kappa shape index (κ2) is 5.26. The van der Waals surface area contributed by atoms with Crippen LogP contribution in [0, 0.1) is 0 Å². The highest BCUT2D eigenvalue weighted by molar-refractivity contribution is 5.31. The summed E-state index contributed by atoms with van der Waals surface area (Å²) in [6.07, 6.45) is 3.71. The van der Waals surface area contributed by atoms with Crippen LogP contribution in [0.4, 0.5) is 0 Å². The molecule has 3 rings (SSSR count). The Morgan fingerprint density at radius 3 is 2.60 bits per heavy atom. The summed E-state index contributed by atoms with van der Waals surface area (Å²) in [5, 5.41) is 15.8. The number of nitrogens with one attached hydrogen (secondary N) is 1. The molecule has 6 nitrogen and oxygen atoms in total. The maximum Gasteiger partial charge on any atom is 0.0954 e. The minimum absolute atomic E-state index is 0.0278. The topological polar surface area (TPSA) is 60.6 Å². The van der Waals surface area contributed by atoms with Crippen molar-refractivity contribution in [3.8, 4) is 5.69 Å². The SMILES string of the molecule is CNC(c1ccn(-c2ccccc2)n1)c1cnnn1C. The summed E-state index contributed by atoms with van der Waals surface area (Å²) >= 11 is 0. The van der Waals surface area contributed by atoms with Gasteiger partial charge in [0.05, 0.1) is 29.3 Å². The molecule has 1 N–H and O–H groups in total. The van der Waals surface area contributed by atoms with Crippen molar-refractivity contribution in [3.63, 3.8) is 0 Å². The van der Waals surface area contributed by atoms with Crippen LogP contribution in [0.2, 0.25) is 0 Å². The maximum absolute atomic E-state index is 4.63. The van der Waals surface area contributed by atoms with Crippen LogP contribution in [0.1, 0.15) is 17.4 Å². The first-order valence-corrected chi connectivity index (χ1v) is 6.42. The zero-order valence-electron chi connectivity index (χ0n) is 11.4. The largest absolute Gasteiger partial charge is 0.307 e. The average molecular weight is 268 g/mol. The van der Waals surface area contributed by atoms with Gasteiger partial charge in [0.1, 0.15) is 0 Å². The van der Waals surface area contributed by atoms with Crippen LogP contribution in [0.3, 0.4) is 0 Å². The van der Waals surface area contributed by atoms with E-state index in [1.807, 2.05) is 61.4 Å². The van der Waals surface area contributed by atoms with Gasteiger partial charge in [-0.25, -0.2) is 4.68 Å². The first-order valence-electron chi connectivity index (χ1n) is 6.42. The molecule has 2 heterocycles. The van der Waals surface area contributed by atoms with Crippen molar-refractivity contribution in [2.75, 3.05) is 7.05 Å². The molecule has 1 aromatic carbocycles. The van der Waals surface area contributed by atoms with E-state index in [1.54, 1.807) is 10.9 Å². The summed E-state index contributed by atoms with van der Waals surface area (Å²) in [5.41, 5.74) is 2.95. The molecule has 1 unspecified atom stereocenters. The number of aromatic nitrogens is 5. The van der Waals surface area contributed by atoms with Gasteiger partial charge in [0, 0.05) is 13.2 Å². The van der Waals surface area contributed by atoms with Gasteiger partial charge in [-0.15, -0.1) is 5.10 Å². The molecule has 0 saturated carbocycles. The minimum Gasteiger partial charge on any atom is -0.307 e. The fourth-order valence-electron chi connectivity index (χ4n) is 2.22. The number of hydrogen-bond donors (Lipinski definition) is 1. The number of aryl methyl sites for hydroxylation is 1. The van der Waals surface area contributed by atoms with Crippen LogP contribution in [-0.4, -0.2) is 31.8 Å². The maximum atomic E-state index is 4.63. The Labute approximate surface area is 117 Å². The van der Waals surface area contributed by atoms with Gasteiger partial charge in [-0.05, 0) is 25.2 Å². The predicted molar refractivity (Wildman–Crippen MR) is 75.5 cm³/mol. The van der Waals surface area contributed by atoms with Gasteiger partial charge in [0.25, 0.3) is 0 Å². The number of hydrogen-bond acceptors (Lipinski definition) is 4. The summed E-state index contributed by atoms with van der Waals surface area (Å²) in [6, 6.07) is 12.0. The van der Waals surface area contributed by atoms with Gasteiger partial charge >= 0.3 is 0 Å². The molecule has 0 aliphatic carbocycles. The smallest absolute Gasteiger partial charge is 0.0954 e. The van der Waals surface area contributed by atoms with Crippen LogP contribution in [0.5, 0.6) is 0 Å². The van der Waals surface area contributed by atoms with E-state index in [1.165, 1.54) is 0 Å². The van der Waals surface area contributed by atoms with Crippen LogP contribution in [0.25, 0.3) is 5.69 Å². The van der Waals surface area contributed by atoms with Gasteiger partial charge in [-0.1, -0.05) is 23.4 Å². The molecule has 102 valence electrons. The quantitative estimate of drug-likeness (QED) is 0.775. The Balaban J connectivity index is 1.95. The van der Waals surface area contributed by atoms with E-state index < -0.39 is 0 Å². The molecule has 0 saturated heterocycles. The molecule has 0 spiro atoms. The third-order valence-corrected chi connectivity index (χ3v) is 3.26. The number of benzene rings is 1. The second-order valence-corrected chi connectivity index (χ2v) is 4.52. The average Bonchev–Trinajstić information content (AvgIpc) is 3.12. The summed E-state index contributed by atoms with van der Waals surface area (Å²) < 4.78 is 3.62. The summed E-state index contributed by atoms with van der Waals surface area (Å²) in [5.74, 6) is 0. The molecule has 0 aliphatic rings. The van der Waals surface area contributed by atoms with Crippen molar-refractivity contribution < 1.29 is 0 Å². The summed E-state index contributed by atoms with van der Waals surface area (Å²) in [6.45, 7) is 0. The van der Waals surface area contributed by atoms with Gasteiger partial charge in [0.2, 0.25) is 0 Å². The summed E-state index contributed by atoms with van der Waals surface area (Å²) in [7, 11) is 3.78. The molecule has 0 bridgehead atoms. The highest BCUT2D eigenvalue weighted by atomic mass is 15.4. The van der Waals surface area contributed by atoms with E-state index in [9.17, 15) is 0 Å². The zero-order chi connectivity index (χ0) is 13.9. The number of rotatable bonds is 4. The molecule has 0 radical (unpaired) electrons. The third-order valence-electron chi connectivity index (χ3n) is 3.26. The van der Waals surface area contributed by atoms with E-state index >= 15 is 0 Å². The number of para-hydroxylation sites is 1. The fraction of sp³-hybridized carbons (Fsp3) is 0.214. The lowest BCUT2D eigenvalue weighted by atomic mass is 10.1. The van der Waals surface area contributed by atoms with E-state index in [4.69, 9.17) is 0 Å². The first kappa shape index (κ1) is 12.6. The Morgan fingerprint density at radius 2 is 1.95 bits per heavy atom. The van der Waals surface area contributed by atoms with E-state index in [2.05, 4.69) is 20.7 Å². The molecule has 3 aromatic rings. The molecule has 1 atom stereocenters. The Bertz CT molecular complexity index is 685. The van der Waals surface area contributed by atoms with Crippen molar-refractivity contribution in [1.82, 2.24) is 30.1 Å². The monoisotopic (exact) mass is 268 g/mol. The lowest BCUT2D eigenvalue weighted by Gasteiger charge is -2.13. The molecule has 20 heavy (non-hydrogen) atoms. The normalized spacial score (nSPS) is 12.5. The number of nitrogens with zero attached hydrogens (tertiary/aromatic N) is 5. The lowest BCUT2D eigenvalue weighted by molar-refractivity contribution is 0.582. The van der Waals surface area contributed by atoms with Crippen LogP contribution in [0.15, 0.2) is 48.8 Å². The van der Waals surface area contributed by atoms with Gasteiger partial charge < -0.3 is 5.32 Å². The van der Waals surface area contributed by atoms with E-state index in [0.717, 1.165) is 17.1 Å². The van der Waals surface area contributed by atoms with Gasteiger partial charge in [-0.3, -0.25) is 4.68 Å². The standard InChI is InChI=1S/C14H16N6/c1-15-14(13-10-16-18-19(13)2)12-8-9-20(17-12)11-6-4-3-5-7-11/h3-10,14-15H,1-2H3. The molecule has 0 aliphatic heterocycles. The van der Waals surface area contributed by atoms with Crippen LogP contribution in [-0.2, 0) is 7.05 Å². The predicted octanol–water partition coefficient (Wildman–Crippen LogP) is 1.31. The second-order valence-electron chi connectivity index (χ2n) is 4.52. The minimum atomic E-state index is -0.0278. The fourth-order valence-corrected chi connectivity index (χ4v) is 2.22. The third kappa shape index (κ3) is 2.21. The lowest BCUT2D eigenvalue weighted by Crippen LogP contribution is -2.21. The molecule has 0 amide bonds. The molecular weight excluding hydrogens is 252 g/mol. The van der Waals surface area contributed by atoms with Gasteiger partial charge in [0.15, 0.2) is 0 Å². The highest BCUT2D eigenvalue weighted by Gasteiger charge is 2.18. The van der Waals surface area contributed by atoms with Crippen LogP contribution >= 0.6 is 0 Å². The Morgan fingerprint density at radius 1 is 1.15 bits per heavy atom. The zero-order valence-corrected chi connectivity index (χ0v) is 11.4. The molecule has 0 fully saturated rings. The van der Waals surface area contributed by atoms with Crippen molar-refractivity contribution in [3.05, 3.63) is 60.2 Å². The van der Waals surface area contributed by atoms with E-state index in [-0.39, 0.29) is 6.04 Å².